The smallest absolute Gasteiger partial charge is 0.407 e. The third-order valence-corrected chi connectivity index (χ3v) is 17.5. The molecule has 20 nitrogen and oxygen atoms in total. The van der Waals surface area contributed by atoms with Crippen molar-refractivity contribution in [2.75, 3.05) is 66.0 Å². The zero-order chi connectivity index (χ0) is 54.4. The van der Waals surface area contributed by atoms with Crippen molar-refractivity contribution in [2.45, 2.75) is 77.5 Å². The summed E-state index contributed by atoms with van der Waals surface area (Å²) in [5.41, 5.74) is 11.6. The first kappa shape index (κ1) is 53.9. The van der Waals surface area contributed by atoms with Gasteiger partial charge in [-0.25, -0.2) is 36.4 Å². The number of sulfonamides is 2. The molecule has 0 spiro atoms. The van der Waals surface area contributed by atoms with Gasteiger partial charge in [-0.3, -0.25) is 9.59 Å². The SMILES string of the molecule is COC(=O)N[C@H](C(=O)N1CCN(S(C)(=O)=O)C[C@H]1c1nc2ccc(-c3cc4ccc3CCc3ccc(c(-c5ccc6nc([C@@H]7CN(S(C)(=O)=O)CCN7C(=O)[C@@H](NC(=O)OC)C(C)C)[nH]c6c5)c3)CC4)cc2[nH]1)C(C)C. The maximum atomic E-state index is 14.2. The molecule has 4 aromatic carbocycles. The quantitative estimate of drug-likeness (QED) is 0.115. The van der Waals surface area contributed by atoms with Crippen LogP contribution in [0.3, 0.4) is 0 Å². The van der Waals surface area contributed by atoms with Crippen LogP contribution in [0.2, 0.25) is 0 Å². The van der Waals surface area contributed by atoms with Crippen LogP contribution in [-0.4, -0.2) is 157 Å². The fourth-order valence-electron chi connectivity index (χ4n) is 10.7. The van der Waals surface area contributed by atoms with Crippen molar-refractivity contribution >= 4 is 66.1 Å². The maximum absolute atomic E-state index is 14.2. The zero-order valence-corrected chi connectivity index (χ0v) is 45.7. The normalized spacial score (nSPS) is 18.7. The first-order valence-electron chi connectivity index (χ1n) is 25.5. The molecular weight excluding hydrogens is 1010 g/mol. The minimum absolute atomic E-state index is 0.0108. The standard InChI is InChI=1S/C54H66N10O10S2/c1-31(2)47(59-53(67)73-5)51(65)63-23-21-61(75(7,69)70)29-45(63)49-55-41-19-17-37(27-43(41)57-49)39-25-33-9-13-35(39)15-11-34-10-14-36(16-12-33)40(26-34)38-18-20-42-44(28-38)58-50(56-42)46-30-62(76(8,71)72)22-24-64(46)52(66)48(32(3)4)60-54(68)74-6/h9-10,13-14,17-20,25-28,31-32,45-48H,11-12,15-16,21-24,29-30H2,1-8H3,(H,55,57)(H,56,58)(H,59,67)(H,60,68)/t45-,46-,47-,48-/m0/s1. The van der Waals surface area contributed by atoms with E-state index >= 15 is 0 Å². The number of piperazine rings is 2. The van der Waals surface area contributed by atoms with Crippen LogP contribution in [0.15, 0.2) is 72.8 Å². The van der Waals surface area contributed by atoms with Gasteiger partial charge in [-0.2, -0.15) is 8.61 Å². The summed E-state index contributed by atoms with van der Waals surface area (Å²) in [5.74, 6) is -0.408. The van der Waals surface area contributed by atoms with Crippen LogP contribution in [-0.2, 0) is 64.8 Å². The van der Waals surface area contributed by atoms with Crippen molar-refractivity contribution in [1.82, 2.24) is 49.0 Å². The summed E-state index contributed by atoms with van der Waals surface area (Å²) in [6.07, 6.45) is 3.83. The number of hydrogen-bond donors (Lipinski definition) is 4. The molecule has 4 heterocycles. The molecule has 2 aliphatic heterocycles. The Labute approximate surface area is 443 Å². The van der Waals surface area contributed by atoms with Gasteiger partial charge in [-0.1, -0.05) is 76.2 Å². The number of ether oxygens (including phenoxy) is 2. The summed E-state index contributed by atoms with van der Waals surface area (Å²) in [7, 11) is -4.74. The van der Waals surface area contributed by atoms with Gasteiger partial charge in [0.05, 0.1) is 48.8 Å². The molecule has 2 aromatic heterocycles. The van der Waals surface area contributed by atoms with E-state index in [0.717, 1.165) is 93.7 Å². The molecule has 12 rings (SSSR count). The summed E-state index contributed by atoms with van der Waals surface area (Å²) in [5, 5.41) is 5.32. The van der Waals surface area contributed by atoms with Crippen LogP contribution in [0.1, 0.15) is 73.7 Å². The number of aromatic nitrogens is 4. The lowest BCUT2D eigenvalue weighted by atomic mass is 9.87. The summed E-state index contributed by atoms with van der Waals surface area (Å²) < 4.78 is 63.7. The number of methoxy groups -OCH3 is 2. The van der Waals surface area contributed by atoms with E-state index in [1.54, 1.807) is 9.80 Å². The predicted octanol–water partition coefficient (Wildman–Crippen LogP) is 5.71. The van der Waals surface area contributed by atoms with E-state index in [1.165, 1.54) is 22.8 Å². The predicted molar refractivity (Wildman–Crippen MR) is 288 cm³/mol. The Morgan fingerprint density at radius 3 is 1.32 bits per heavy atom. The molecule has 0 radical (unpaired) electrons. The molecule has 2 fully saturated rings. The van der Waals surface area contributed by atoms with E-state index in [0.29, 0.717) is 22.7 Å². The molecule has 2 saturated heterocycles. The number of H-pyrrole nitrogens is 2. The van der Waals surface area contributed by atoms with Gasteiger partial charge >= 0.3 is 12.2 Å². The van der Waals surface area contributed by atoms with Gasteiger partial charge in [-0.05, 0) is 106 Å². The number of rotatable bonds is 12. The Hall–Kier alpha value is -6.88. The lowest BCUT2D eigenvalue weighted by Gasteiger charge is -2.41. The maximum Gasteiger partial charge on any atom is 0.407 e. The highest BCUT2D eigenvalue weighted by Crippen LogP contribution is 2.36. The Kier molecular flexibility index (Phi) is 15.3. The molecule has 4 N–H and O–H groups in total. The number of nitrogens with zero attached hydrogens (tertiary/aromatic N) is 6. The minimum Gasteiger partial charge on any atom is -0.453 e. The summed E-state index contributed by atoms with van der Waals surface area (Å²) in [4.78, 5) is 72.9. The number of alkyl carbamates (subject to hydrolysis) is 2. The van der Waals surface area contributed by atoms with Crippen molar-refractivity contribution in [3.05, 3.63) is 107 Å². The van der Waals surface area contributed by atoms with Gasteiger partial charge in [0.1, 0.15) is 35.8 Å². The molecule has 6 aromatic rings. The van der Waals surface area contributed by atoms with Crippen LogP contribution >= 0.6 is 0 Å². The van der Waals surface area contributed by atoms with Crippen molar-refractivity contribution in [1.29, 1.82) is 0 Å². The fraction of sp³-hybridized carbons (Fsp3) is 0.444. The average Bonchev–Trinajstić information content (AvgIpc) is 4.10. The molecule has 4 aliphatic carbocycles. The molecule has 76 heavy (non-hydrogen) atoms. The average molecular weight is 1080 g/mol. The van der Waals surface area contributed by atoms with E-state index in [2.05, 4.69) is 69.1 Å². The summed E-state index contributed by atoms with van der Waals surface area (Å²) >= 11 is 0. The van der Waals surface area contributed by atoms with Gasteiger partial charge in [0.2, 0.25) is 31.9 Å². The van der Waals surface area contributed by atoms with Crippen LogP contribution in [0.4, 0.5) is 9.59 Å². The molecule has 6 aliphatic rings. The number of carbonyl (C=O) groups is 4. The molecule has 4 atom stereocenters. The van der Waals surface area contributed by atoms with Gasteiger partial charge in [0.25, 0.3) is 0 Å². The van der Waals surface area contributed by atoms with Crippen molar-refractivity contribution < 1.29 is 45.5 Å². The van der Waals surface area contributed by atoms with Crippen LogP contribution in [0.5, 0.6) is 0 Å². The first-order valence-corrected chi connectivity index (χ1v) is 29.2. The van der Waals surface area contributed by atoms with Gasteiger partial charge in [0, 0.05) is 39.3 Å². The van der Waals surface area contributed by atoms with E-state index < -0.39 is 56.4 Å². The Balaban J connectivity index is 0.984. The van der Waals surface area contributed by atoms with E-state index in [4.69, 9.17) is 19.4 Å². The number of nitrogens with one attached hydrogen (secondary N) is 4. The number of benzene rings is 4. The van der Waals surface area contributed by atoms with Crippen molar-refractivity contribution in [3.63, 3.8) is 0 Å². The number of carbonyl (C=O) groups excluding carboxylic acids is 4. The van der Waals surface area contributed by atoms with Crippen molar-refractivity contribution in [3.8, 4) is 22.3 Å². The van der Waals surface area contributed by atoms with Gasteiger partial charge < -0.3 is 39.9 Å². The molecular formula is C54H66N10O10S2. The molecule has 0 saturated carbocycles. The second-order valence-electron chi connectivity index (χ2n) is 20.7. The van der Waals surface area contributed by atoms with Gasteiger partial charge in [-0.15, -0.1) is 0 Å². The fourth-order valence-corrected chi connectivity index (χ4v) is 12.3. The summed E-state index contributed by atoms with van der Waals surface area (Å²) in [6, 6.07) is 22.1. The van der Waals surface area contributed by atoms with Crippen LogP contribution in [0.25, 0.3) is 44.3 Å². The number of hydrogen-bond acceptors (Lipinski definition) is 12. The molecule has 22 heteroatoms. The Bertz CT molecular complexity index is 3220. The van der Waals surface area contributed by atoms with Crippen LogP contribution in [0, 0.1) is 11.8 Å². The van der Waals surface area contributed by atoms with Gasteiger partial charge in [0.15, 0.2) is 0 Å². The molecule has 0 unspecified atom stereocenters. The monoisotopic (exact) mass is 1080 g/mol. The lowest BCUT2D eigenvalue weighted by Crippen LogP contribution is -2.58. The second-order valence-corrected chi connectivity index (χ2v) is 24.7. The third-order valence-electron chi connectivity index (χ3n) is 14.9. The number of amides is 4. The van der Waals surface area contributed by atoms with Crippen molar-refractivity contribution in [2.24, 2.45) is 11.8 Å². The van der Waals surface area contributed by atoms with Crippen LogP contribution < -0.4 is 10.6 Å². The number of imidazole rings is 2. The highest BCUT2D eigenvalue weighted by atomic mass is 32.2. The largest absolute Gasteiger partial charge is 0.453 e. The number of fused-ring (bicyclic) bond motifs is 2. The topological polar surface area (TPSA) is 249 Å². The third kappa shape index (κ3) is 11.3. The zero-order valence-electron chi connectivity index (χ0n) is 44.0. The first-order chi connectivity index (χ1) is 36.1. The highest BCUT2D eigenvalue weighted by molar-refractivity contribution is 7.88. The van der Waals surface area contributed by atoms with E-state index in [-0.39, 0.29) is 62.9 Å². The summed E-state index contributed by atoms with van der Waals surface area (Å²) in [6.45, 7) is 7.67. The molecule has 4 bridgehead atoms. The number of aromatic amines is 2. The second kappa shape index (κ2) is 21.6. The lowest BCUT2D eigenvalue weighted by molar-refractivity contribution is -0.139. The van der Waals surface area contributed by atoms with E-state index in [9.17, 15) is 36.0 Å². The Morgan fingerprint density at radius 1 is 0.566 bits per heavy atom. The minimum atomic E-state index is -3.60. The number of aryl methyl sites for hydroxylation is 4. The highest BCUT2D eigenvalue weighted by Gasteiger charge is 2.42. The molecule has 4 amide bonds. The van der Waals surface area contributed by atoms with E-state index in [1.807, 2.05) is 52.0 Å². The Morgan fingerprint density at radius 2 is 0.961 bits per heavy atom. The molecule has 404 valence electrons.